The van der Waals surface area contributed by atoms with Gasteiger partial charge in [0, 0.05) is 25.8 Å². The molecule has 0 aliphatic heterocycles. The van der Waals surface area contributed by atoms with Crippen molar-refractivity contribution in [2.45, 2.75) is 77.5 Å². The van der Waals surface area contributed by atoms with E-state index >= 15 is 0 Å². The number of nitrogens with one attached hydrogen (secondary N) is 4. The van der Waals surface area contributed by atoms with Gasteiger partial charge in [-0.05, 0) is 30.5 Å². The molecule has 0 bridgehead atoms. The molecule has 1 aromatic rings. The third-order valence-corrected chi connectivity index (χ3v) is 5.76. The highest BCUT2D eigenvalue weighted by molar-refractivity contribution is 5.94. The number of phenols is 1. The topological polar surface area (TPSA) is 191 Å². The summed E-state index contributed by atoms with van der Waals surface area (Å²) in [5.74, 6) is -3.84. The number of aldehydes is 1. The average Bonchev–Trinajstić information content (AvgIpc) is 2.82. The lowest BCUT2D eigenvalue weighted by atomic mass is 9.96. The van der Waals surface area contributed by atoms with E-state index in [1.165, 1.54) is 26.0 Å². The minimum atomic E-state index is -1.19. The smallest absolute Gasteiger partial charge is 0.305 e. The minimum Gasteiger partial charge on any atom is -0.508 e. The van der Waals surface area contributed by atoms with E-state index in [9.17, 15) is 33.9 Å². The van der Waals surface area contributed by atoms with E-state index in [0.717, 1.165) is 0 Å². The molecule has 0 unspecified atom stereocenters. The molecule has 37 heavy (non-hydrogen) atoms. The molecule has 0 aliphatic rings. The van der Waals surface area contributed by atoms with E-state index in [1.54, 1.807) is 19.1 Å². The van der Waals surface area contributed by atoms with Crippen molar-refractivity contribution < 1.29 is 39.0 Å². The number of carbonyl (C=O) groups excluding carboxylic acids is 5. The second-order valence-corrected chi connectivity index (χ2v) is 8.93. The SMILES string of the molecule is CC[C@@H](C)[C@H](NC(=O)[C@H](Cc1ccc(O)cc1)NC(C)=O)C(=O)N[C@@H](C)C(=O)N[C@H](CC=O)CC(=O)O. The molecular weight excluding hydrogens is 484 g/mol. The van der Waals surface area contributed by atoms with E-state index in [-0.39, 0.29) is 24.5 Å². The second kappa shape index (κ2) is 15.2. The lowest BCUT2D eigenvalue weighted by Gasteiger charge is -2.28. The minimum absolute atomic E-state index is 0.0522. The second-order valence-electron chi connectivity index (χ2n) is 8.93. The molecule has 4 amide bonds. The highest BCUT2D eigenvalue weighted by Crippen LogP contribution is 2.13. The standard InChI is InChI=1S/C25H36N4O8/c1-5-14(2)22(25(37)26-15(3)23(35)28-18(10-11-30)13-21(33)34)29-24(36)20(27-16(4)31)12-17-6-8-19(32)9-7-17/h6-9,11,14-15,18,20,22,32H,5,10,12-13H2,1-4H3,(H,26,37)(H,27,31)(H,28,35)(H,29,36)(H,33,34)/t14-,15+,18-,20+,22+/m1/s1. The number of hydrogen-bond donors (Lipinski definition) is 6. The Labute approximate surface area is 215 Å². The summed E-state index contributed by atoms with van der Waals surface area (Å²) in [5, 5.41) is 28.6. The summed E-state index contributed by atoms with van der Waals surface area (Å²) in [6, 6.07) is 2.09. The molecular formula is C25H36N4O8. The van der Waals surface area contributed by atoms with Crippen molar-refractivity contribution >= 4 is 35.9 Å². The first-order chi connectivity index (χ1) is 17.4. The van der Waals surface area contributed by atoms with E-state index in [0.29, 0.717) is 18.3 Å². The molecule has 6 N–H and O–H groups in total. The lowest BCUT2D eigenvalue weighted by molar-refractivity contribution is -0.138. The van der Waals surface area contributed by atoms with Crippen LogP contribution in [0.5, 0.6) is 5.75 Å². The van der Waals surface area contributed by atoms with Crippen LogP contribution in [-0.4, -0.2) is 70.3 Å². The van der Waals surface area contributed by atoms with Gasteiger partial charge in [-0.2, -0.15) is 0 Å². The van der Waals surface area contributed by atoms with Crippen LogP contribution in [0, 0.1) is 5.92 Å². The van der Waals surface area contributed by atoms with Crippen molar-refractivity contribution in [1.29, 1.82) is 0 Å². The summed E-state index contributed by atoms with van der Waals surface area (Å²) in [6.07, 6.45) is 0.468. The number of benzene rings is 1. The van der Waals surface area contributed by atoms with Gasteiger partial charge in [-0.1, -0.05) is 32.4 Å². The normalized spacial score (nSPS) is 14.7. The van der Waals surface area contributed by atoms with Crippen LogP contribution < -0.4 is 21.3 Å². The average molecular weight is 521 g/mol. The van der Waals surface area contributed by atoms with Gasteiger partial charge in [-0.15, -0.1) is 0 Å². The molecule has 0 spiro atoms. The maximum atomic E-state index is 13.1. The number of hydrogen-bond acceptors (Lipinski definition) is 7. The number of phenolic OH excluding ortho intramolecular Hbond substituents is 1. The molecule has 12 heteroatoms. The fourth-order valence-corrected chi connectivity index (χ4v) is 3.49. The first kappa shape index (κ1) is 31.1. The van der Waals surface area contributed by atoms with Crippen molar-refractivity contribution in [2.75, 3.05) is 0 Å². The fraction of sp³-hybridized carbons (Fsp3) is 0.520. The Morgan fingerprint density at radius 3 is 2.05 bits per heavy atom. The van der Waals surface area contributed by atoms with Crippen molar-refractivity contribution in [3.05, 3.63) is 29.8 Å². The third-order valence-electron chi connectivity index (χ3n) is 5.76. The molecule has 1 aromatic carbocycles. The predicted molar refractivity (Wildman–Crippen MR) is 133 cm³/mol. The maximum absolute atomic E-state index is 13.1. The molecule has 1 rings (SSSR count). The van der Waals surface area contributed by atoms with Crippen molar-refractivity contribution in [3.63, 3.8) is 0 Å². The Balaban J connectivity index is 2.96. The number of aromatic hydroxyl groups is 1. The Bertz CT molecular complexity index is 966. The predicted octanol–water partition coefficient (Wildman–Crippen LogP) is 0.0235. The zero-order valence-corrected chi connectivity index (χ0v) is 21.4. The molecule has 0 fully saturated rings. The van der Waals surface area contributed by atoms with Crippen LogP contribution in [0.1, 0.15) is 52.5 Å². The van der Waals surface area contributed by atoms with Crippen LogP contribution in [0.25, 0.3) is 0 Å². The van der Waals surface area contributed by atoms with Crippen LogP contribution in [-0.2, 0) is 35.2 Å². The number of carbonyl (C=O) groups is 6. The number of carboxylic acids is 1. The molecule has 12 nitrogen and oxygen atoms in total. The van der Waals surface area contributed by atoms with E-state index < -0.39 is 60.2 Å². The largest absolute Gasteiger partial charge is 0.508 e. The first-order valence-electron chi connectivity index (χ1n) is 12.0. The quantitative estimate of drug-likeness (QED) is 0.174. The molecule has 0 saturated carbocycles. The third kappa shape index (κ3) is 11.1. The molecule has 0 radical (unpaired) electrons. The summed E-state index contributed by atoms with van der Waals surface area (Å²) in [7, 11) is 0. The molecule has 0 saturated heterocycles. The Hall–Kier alpha value is -3.96. The van der Waals surface area contributed by atoms with Crippen LogP contribution >= 0.6 is 0 Å². The van der Waals surface area contributed by atoms with Crippen LogP contribution in [0.15, 0.2) is 24.3 Å². The van der Waals surface area contributed by atoms with Gasteiger partial charge < -0.3 is 36.3 Å². The van der Waals surface area contributed by atoms with Crippen LogP contribution in [0.4, 0.5) is 0 Å². The molecule has 0 aromatic heterocycles. The summed E-state index contributed by atoms with van der Waals surface area (Å²) in [6.45, 7) is 6.23. The highest BCUT2D eigenvalue weighted by Gasteiger charge is 2.31. The maximum Gasteiger partial charge on any atom is 0.305 e. The Kier molecular flexibility index (Phi) is 12.8. The number of aliphatic carboxylic acids is 1. The first-order valence-corrected chi connectivity index (χ1v) is 12.0. The summed E-state index contributed by atoms with van der Waals surface area (Å²) >= 11 is 0. The van der Waals surface area contributed by atoms with E-state index in [2.05, 4.69) is 21.3 Å². The van der Waals surface area contributed by atoms with E-state index in [1.807, 2.05) is 6.92 Å². The molecule has 5 atom stereocenters. The summed E-state index contributed by atoms with van der Waals surface area (Å²) in [4.78, 5) is 72.1. The van der Waals surface area contributed by atoms with Gasteiger partial charge in [0.15, 0.2) is 0 Å². The zero-order chi connectivity index (χ0) is 28.1. The Morgan fingerprint density at radius 1 is 0.919 bits per heavy atom. The Morgan fingerprint density at radius 2 is 1.54 bits per heavy atom. The van der Waals surface area contributed by atoms with Crippen molar-refractivity contribution in [1.82, 2.24) is 21.3 Å². The van der Waals surface area contributed by atoms with Gasteiger partial charge in [-0.25, -0.2) is 0 Å². The van der Waals surface area contributed by atoms with Gasteiger partial charge in [0.25, 0.3) is 0 Å². The van der Waals surface area contributed by atoms with Gasteiger partial charge in [0.2, 0.25) is 23.6 Å². The van der Waals surface area contributed by atoms with Crippen LogP contribution in [0.3, 0.4) is 0 Å². The number of rotatable bonds is 15. The highest BCUT2D eigenvalue weighted by atomic mass is 16.4. The van der Waals surface area contributed by atoms with E-state index in [4.69, 9.17) is 5.11 Å². The zero-order valence-electron chi connectivity index (χ0n) is 21.4. The fourth-order valence-electron chi connectivity index (χ4n) is 3.49. The molecule has 0 heterocycles. The monoisotopic (exact) mass is 520 g/mol. The lowest BCUT2D eigenvalue weighted by Crippen LogP contribution is -2.58. The molecule has 204 valence electrons. The number of carboxylic acid groups (broad SMARTS) is 1. The van der Waals surface area contributed by atoms with Crippen molar-refractivity contribution in [2.24, 2.45) is 5.92 Å². The summed E-state index contributed by atoms with van der Waals surface area (Å²) < 4.78 is 0. The van der Waals surface area contributed by atoms with Gasteiger partial charge in [-0.3, -0.25) is 24.0 Å². The molecule has 0 aliphatic carbocycles. The van der Waals surface area contributed by atoms with Crippen LogP contribution in [0.2, 0.25) is 0 Å². The van der Waals surface area contributed by atoms with Crippen molar-refractivity contribution in [3.8, 4) is 5.75 Å². The number of amides is 4. The van der Waals surface area contributed by atoms with Gasteiger partial charge in [0.1, 0.15) is 30.2 Å². The van der Waals surface area contributed by atoms with Gasteiger partial charge >= 0.3 is 5.97 Å². The summed E-state index contributed by atoms with van der Waals surface area (Å²) in [5.41, 5.74) is 0.674. The van der Waals surface area contributed by atoms with Gasteiger partial charge in [0.05, 0.1) is 6.42 Å².